The molecular weight excluding hydrogens is 499 g/mol. The Labute approximate surface area is 215 Å². The number of carbonyl (C=O) groups is 2. The Bertz CT molecular complexity index is 1530. The molecule has 8 nitrogen and oxygen atoms in total. The number of aromatic nitrogens is 2. The van der Waals surface area contributed by atoms with Gasteiger partial charge >= 0.3 is 18.2 Å². The molecule has 0 bridgehead atoms. The highest BCUT2D eigenvalue weighted by Gasteiger charge is 2.41. The van der Waals surface area contributed by atoms with Crippen molar-refractivity contribution in [2.24, 2.45) is 7.05 Å². The van der Waals surface area contributed by atoms with E-state index >= 15 is 0 Å². The third-order valence-electron chi connectivity index (χ3n) is 6.22. The zero-order valence-corrected chi connectivity index (χ0v) is 20.3. The number of alkyl halides is 3. The number of nitrogens with zero attached hydrogens (tertiary/aromatic N) is 5. The van der Waals surface area contributed by atoms with Gasteiger partial charge in [0.15, 0.2) is 0 Å². The molecule has 11 heteroatoms. The van der Waals surface area contributed by atoms with Crippen molar-refractivity contribution in [3.8, 4) is 16.9 Å². The van der Waals surface area contributed by atoms with E-state index in [9.17, 15) is 27.9 Å². The molecule has 0 saturated heterocycles. The topological polar surface area (TPSA) is 81.9 Å². The summed E-state index contributed by atoms with van der Waals surface area (Å²) in [5, 5.41) is 14.6. The van der Waals surface area contributed by atoms with Gasteiger partial charge in [-0.25, -0.2) is 14.5 Å². The number of urea groups is 2. The highest BCUT2D eigenvalue weighted by atomic mass is 19.4. The van der Waals surface area contributed by atoms with E-state index in [0.717, 1.165) is 21.9 Å². The van der Waals surface area contributed by atoms with Crippen LogP contribution >= 0.6 is 0 Å². The van der Waals surface area contributed by atoms with E-state index in [1.165, 1.54) is 40.0 Å². The lowest BCUT2D eigenvalue weighted by molar-refractivity contribution is -0.137. The summed E-state index contributed by atoms with van der Waals surface area (Å²) in [5.74, 6) is -0.0955. The number of aromatic hydroxyl groups is 1. The van der Waals surface area contributed by atoms with E-state index in [-0.39, 0.29) is 35.0 Å². The van der Waals surface area contributed by atoms with Crippen molar-refractivity contribution >= 4 is 34.8 Å². The van der Waals surface area contributed by atoms with Crippen molar-refractivity contribution in [3.63, 3.8) is 0 Å². The molecule has 1 aliphatic rings. The van der Waals surface area contributed by atoms with Gasteiger partial charge < -0.3 is 5.11 Å². The van der Waals surface area contributed by atoms with Crippen LogP contribution < -0.4 is 14.7 Å². The number of rotatable bonds is 4. The highest BCUT2D eigenvalue weighted by molar-refractivity contribution is 6.28. The number of fused-ring (bicyclic) bond motifs is 1. The summed E-state index contributed by atoms with van der Waals surface area (Å²) < 4.78 is 42.6. The normalized spacial score (nSPS) is 14.1. The Balaban J connectivity index is 1.74. The second-order valence-corrected chi connectivity index (χ2v) is 8.62. The van der Waals surface area contributed by atoms with Crippen molar-refractivity contribution in [2.75, 3.05) is 21.2 Å². The van der Waals surface area contributed by atoms with Crippen LogP contribution in [0.5, 0.6) is 5.75 Å². The Morgan fingerprint density at radius 2 is 1.61 bits per heavy atom. The molecule has 2 heterocycles. The number of phenols is 1. The van der Waals surface area contributed by atoms with Gasteiger partial charge in [-0.15, -0.1) is 0 Å². The lowest BCUT2D eigenvalue weighted by Crippen LogP contribution is -2.48. The minimum Gasteiger partial charge on any atom is -0.507 e. The zero-order valence-electron chi connectivity index (χ0n) is 20.3. The molecule has 1 N–H and O–H groups in total. The fraction of sp³-hybridized carbons (Fsp3) is 0.148. The molecule has 5 rings (SSSR count). The molecule has 0 radical (unpaired) electrons. The third kappa shape index (κ3) is 4.21. The van der Waals surface area contributed by atoms with Crippen molar-refractivity contribution < 1.29 is 27.9 Å². The van der Waals surface area contributed by atoms with E-state index in [1.54, 1.807) is 50.5 Å². The fourth-order valence-corrected chi connectivity index (χ4v) is 4.42. The lowest BCUT2D eigenvalue weighted by Gasteiger charge is -2.27. The molecule has 0 aliphatic carbocycles. The summed E-state index contributed by atoms with van der Waals surface area (Å²) in [4.78, 5) is 31.2. The molecule has 0 atom stereocenters. The van der Waals surface area contributed by atoms with Crippen molar-refractivity contribution in [1.29, 1.82) is 0 Å². The van der Waals surface area contributed by atoms with Crippen molar-refractivity contribution in [2.45, 2.75) is 13.1 Å². The Morgan fingerprint density at radius 1 is 0.868 bits per heavy atom. The van der Waals surface area contributed by atoms with Gasteiger partial charge in [0.1, 0.15) is 5.75 Å². The molecule has 1 aromatic heterocycles. The molecule has 0 saturated carbocycles. The average Bonchev–Trinajstić information content (AvgIpc) is 3.29. The smallest absolute Gasteiger partial charge is 0.416 e. The predicted molar refractivity (Wildman–Crippen MR) is 137 cm³/mol. The Hall–Kier alpha value is -4.80. The number of amides is 4. The quantitative estimate of drug-likeness (QED) is 0.331. The Morgan fingerprint density at radius 3 is 2.24 bits per heavy atom. The average molecular weight is 521 g/mol. The standard InChI is InChI=1S/C27H22F3N5O3/c1-3-33-22-11-9-18(27(28,29)30)13-23(22)34(19-7-5-4-6-8-19)26(38)35(25(33)37)20-10-12-24(36)21(14-20)17-15-31-32(2)16-17/h4-16,36H,3H2,1-2H3. The maximum absolute atomic E-state index is 14.1. The number of anilines is 4. The summed E-state index contributed by atoms with van der Waals surface area (Å²) in [5.41, 5.74) is 0.389. The first-order valence-corrected chi connectivity index (χ1v) is 11.6. The van der Waals surface area contributed by atoms with E-state index in [1.807, 2.05) is 0 Å². The molecular formula is C27H22F3N5O3. The summed E-state index contributed by atoms with van der Waals surface area (Å²) >= 11 is 0. The van der Waals surface area contributed by atoms with Crippen LogP contribution in [0.2, 0.25) is 0 Å². The van der Waals surface area contributed by atoms with Gasteiger partial charge in [-0.3, -0.25) is 14.5 Å². The van der Waals surface area contributed by atoms with Crippen LogP contribution in [0, 0.1) is 0 Å². The van der Waals surface area contributed by atoms with Crippen LogP contribution in [0.1, 0.15) is 12.5 Å². The van der Waals surface area contributed by atoms with Gasteiger partial charge in [-0.05, 0) is 55.5 Å². The Kier molecular flexibility index (Phi) is 6.06. The molecule has 3 aromatic carbocycles. The SMILES string of the molecule is CCN1C(=O)N(c2ccc(O)c(-c3cnn(C)c3)c2)C(=O)N(c2ccccc2)c2cc(C(F)(F)F)ccc21. The van der Waals surface area contributed by atoms with Gasteiger partial charge in [0.25, 0.3) is 0 Å². The van der Waals surface area contributed by atoms with Gasteiger partial charge in [0, 0.05) is 30.9 Å². The van der Waals surface area contributed by atoms with E-state index in [0.29, 0.717) is 11.1 Å². The fourth-order valence-electron chi connectivity index (χ4n) is 4.42. The summed E-state index contributed by atoms with van der Waals surface area (Å²) in [7, 11) is 1.70. The van der Waals surface area contributed by atoms with Gasteiger partial charge in [0.05, 0.1) is 34.5 Å². The number of hydrogen-bond acceptors (Lipinski definition) is 4. The summed E-state index contributed by atoms with van der Waals surface area (Å²) in [6.45, 7) is 1.75. The third-order valence-corrected chi connectivity index (χ3v) is 6.22. The van der Waals surface area contributed by atoms with Crippen LogP contribution in [0.3, 0.4) is 0 Å². The van der Waals surface area contributed by atoms with Gasteiger partial charge in [0.2, 0.25) is 0 Å². The van der Waals surface area contributed by atoms with Gasteiger partial charge in [-0.1, -0.05) is 18.2 Å². The number of benzene rings is 3. The van der Waals surface area contributed by atoms with Crippen LogP contribution in [-0.4, -0.2) is 33.5 Å². The molecule has 38 heavy (non-hydrogen) atoms. The van der Waals surface area contributed by atoms with Crippen molar-refractivity contribution in [3.05, 3.63) is 84.7 Å². The first-order valence-electron chi connectivity index (χ1n) is 11.6. The zero-order chi connectivity index (χ0) is 27.2. The second-order valence-electron chi connectivity index (χ2n) is 8.62. The number of para-hydroxylation sites is 1. The largest absolute Gasteiger partial charge is 0.507 e. The second kappa shape index (κ2) is 9.25. The minimum atomic E-state index is -4.66. The minimum absolute atomic E-state index is 0.0805. The first kappa shape index (κ1) is 24.9. The monoisotopic (exact) mass is 521 g/mol. The summed E-state index contributed by atoms with van der Waals surface area (Å²) in [6, 6.07) is 13.7. The number of phenolic OH excluding ortho intramolecular Hbond substituents is 1. The maximum atomic E-state index is 14.1. The van der Waals surface area contributed by atoms with Crippen molar-refractivity contribution in [1.82, 2.24) is 9.78 Å². The predicted octanol–water partition coefficient (Wildman–Crippen LogP) is 6.54. The number of halogens is 3. The van der Waals surface area contributed by atoms with E-state index in [2.05, 4.69) is 5.10 Å². The molecule has 0 spiro atoms. The molecule has 4 aromatic rings. The molecule has 4 amide bonds. The van der Waals surface area contributed by atoms with Crippen LogP contribution in [0.4, 0.5) is 45.5 Å². The van der Waals surface area contributed by atoms with Gasteiger partial charge in [-0.2, -0.15) is 18.3 Å². The maximum Gasteiger partial charge on any atom is 0.416 e. The molecule has 194 valence electrons. The van der Waals surface area contributed by atoms with Crippen LogP contribution in [0.15, 0.2) is 79.1 Å². The van der Waals surface area contributed by atoms with Crippen LogP contribution in [0.25, 0.3) is 11.1 Å². The van der Waals surface area contributed by atoms with E-state index in [4.69, 9.17) is 0 Å². The number of carbonyl (C=O) groups excluding carboxylic acids is 2. The molecule has 0 unspecified atom stereocenters. The first-order chi connectivity index (χ1) is 18.1. The number of hydrogen-bond donors (Lipinski definition) is 1. The lowest BCUT2D eigenvalue weighted by atomic mass is 10.1. The van der Waals surface area contributed by atoms with E-state index < -0.39 is 23.8 Å². The van der Waals surface area contributed by atoms with Crippen LogP contribution in [-0.2, 0) is 13.2 Å². The highest BCUT2D eigenvalue weighted by Crippen LogP contribution is 2.44. The summed E-state index contributed by atoms with van der Waals surface area (Å²) in [6.07, 6.45) is -1.48. The number of aryl methyl sites for hydroxylation is 1. The number of imide groups is 1. The molecule has 1 aliphatic heterocycles. The molecule has 0 fully saturated rings.